The summed E-state index contributed by atoms with van der Waals surface area (Å²) in [6.07, 6.45) is -4.76. The summed E-state index contributed by atoms with van der Waals surface area (Å²) in [4.78, 5) is 0. The number of alkyl halides is 3. The van der Waals surface area contributed by atoms with Crippen molar-refractivity contribution in [3.63, 3.8) is 0 Å². The Hall–Kier alpha value is -1.28. The molecular weight excluding hydrogens is 283 g/mol. The van der Waals surface area contributed by atoms with Crippen molar-refractivity contribution in [3.05, 3.63) is 29.8 Å². The summed E-state index contributed by atoms with van der Waals surface area (Å²) in [7, 11) is -3.40. The molecule has 19 heavy (non-hydrogen) atoms. The lowest BCUT2D eigenvalue weighted by Crippen LogP contribution is -2.27. The van der Waals surface area contributed by atoms with Gasteiger partial charge in [0.2, 0.25) is 0 Å². The molecule has 1 aromatic rings. The van der Waals surface area contributed by atoms with Crippen LogP contribution >= 0.6 is 0 Å². The largest absolute Gasteiger partial charge is 0.573 e. The Morgan fingerprint density at radius 2 is 1.79 bits per heavy atom. The molecule has 0 aliphatic rings. The quantitative estimate of drug-likeness (QED) is 0.900. The van der Waals surface area contributed by atoms with Crippen LogP contribution in [0.5, 0.6) is 5.75 Å². The normalized spacial score (nSPS) is 14.2. The highest BCUT2D eigenvalue weighted by Gasteiger charge is 2.31. The van der Waals surface area contributed by atoms with Gasteiger partial charge in [-0.05, 0) is 24.6 Å². The SMILES string of the molecule is CC(CN)S(=O)(=O)Cc1ccc(OC(F)(F)F)cc1. The molecule has 0 amide bonds. The average Bonchev–Trinajstić information content (AvgIpc) is 2.28. The average molecular weight is 297 g/mol. The fourth-order valence-corrected chi connectivity index (χ4v) is 2.54. The number of rotatable bonds is 5. The molecule has 0 radical (unpaired) electrons. The van der Waals surface area contributed by atoms with Crippen LogP contribution in [-0.4, -0.2) is 26.6 Å². The van der Waals surface area contributed by atoms with Crippen LogP contribution in [0.1, 0.15) is 12.5 Å². The van der Waals surface area contributed by atoms with Crippen molar-refractivity contribution in [2.75, 3.05) is 6.54 Å². The first-order valence-corrected chi connectivity index (χ1v) is 7.12. The van der Waals surface area contributed by atoms with Gasteiger partial charge in [0.25, 0.3) is 0 Å². The smallest absolute Gasteiger partial charge is 0.406 e. The highest BCUT2D eigenvalue weighted by atomic mass is 32.2. The lowest BCUT2D eigenvalue weighted by Gasteiger charge is -2.11. The van der Waals surface area contributed by atoms with Crippen molar-refractivity contribution in [3.8, 4) is 5.75 Å². The summed E-state index contributed by atoms with van der Waals surface area (Å²) in [5.41, 5.74) is 5.67. The van der Waals surface area contributed by atoms with E-state index in [1.165, 1.54) is 19.1 Å². The van der Waals surface area contributed by atoms with Crippen LogP contribution in [0.15, 0.2) is 24.3 Å². The number of hydrogen-bond donors (Lipinski definition) is 1. The van der Waals surface area contributed by atoms with E-state index in [1.807, 2.05) is 0 Å². The molecule has 2 N–H and O–H groups in total. The minimum Gasteiger partial charge on any atom is -0.406 e. The van der Waals surface area contributed by atoms with E-state index in [0.717, 1.165) is 12.1 Å². The summed E-state index contributed by atoms with van der Waals surface area (Å²) >= 11 is 0. The molecule has 8 heteroatoms. The van der Waals surface area contributed by atoms with Crippen LogP contribution in [0.25, 0.3) is 0 Å². The molecule has 0 bridgehead atoms. The molecule has 0 heterocycles. The molecule has 1 unspecified atom stereocenters. The van der Waals surface area contributed by atoms with Gasteiger partial charge in [0, 0.05) is 6.54 Å². The summed E-state index contributed by atoms with van der Waals surface area (Å²) in [6.45, 7) is 1.48. The number of nitrogens with two attached hydrogens (primary N) is 1. The highest BCUT2D eigenvalue weighted by Crippen LogP contribution is 2.23. The Morgan fingerprint density at radius 3 is 2.21 bits per heavy atom. The fourth-order valence-electron chi connectivity index (χ4n) is 1.31. The van der Waals surface area contributed by atoms with Gasteiger partial charge in [-0.3, -0.25) is 0 Å². The monoisotopic (exact) mass is 297 g/mol. The van der Waals surface area contributed by atoms with Gasteiger partial charge in [0.1, 0.15) is 5.75 Å². The predicted octanol–water partition coefficient (Wildman–Crippen LogP) is 1.85. The molecule has 1 aromatic carbocycles. The van der Waals surface area contributed by atoms with E-state index in [4.69, 9.17) is 5.73 Å². The van der Waals surface area contributed by atoms with Crippen LogP contribution < -0.4 is 10.5 Å². The van der Waals surface area contributed by atoms with Gasteiger partial charge in [0.05, 0.1) is 11.0 Å². The van der Waals surface area contributed by atoms with Crippen LogP contribution in [0.3, 0.4) is 0 Å². The summed E-state index contributed by atoms with van der Waals surface area (Å²) < 4.78 is 63.0. The van der Waals surface area contributed by atoms with Gasteiger partial charge < -0.3 is 10.5 Å². The topological polar surface area (TPSA) is 69.4 Å². The Balaban J connectivity index is 2.78. The third-order valence-corrected chi connectivity index (χ3v) is 4.62. The number of hydrogen-bond acceptors (Lipinski definition) is 4. The van der Waals surface area contributed by atoms with Gasteiger partial charge in [-0.2, -0.15) is 0 Å². The first-order valence-electron chi connectivity index (χ1n) is 5.40. The number of halogens is 3. The van der Waals surface area contributed by atoms with E-state index in [-0.39, 0.29) is 18.0 Å². The maximum Gasteiger partial charge on any atom is 0.573 e. The maximum absolute atomic E-state index is 11.9. The Kier molecular flexibility index (Phi) is 4.81. The molecule has 0 aliphatic carbocycles. The number of sulfone groups is 1. The Labute approximate surface area is 109 Å². The molecule has 4 nitrogen and oxygen atoms in total. The molecule has 0 saturated carbocycles. The molecule has 0 fully saturated rings. The summed E-state index contributed by atoms with van der Waals surface area (Å²) in [5.74, 6) is -0.655. The summed E-state index contributed by atoms with van der Waals surface area (Å²) in [5, 5.41) is -0.696. The molecule has 1 rings (SSSR count). The molecule has 0 aliphatic heterocycles. The first kappa shape index (κ1) is 15.8. The molecular formula is C11H14F3NO3S. The first-order chi connectivity index (χ1) is 8.64. The van der Waals surface area contributed by atoms with Gasteiger partial charge in [-0.25, -0.2) is 8.42 Å². The van der Waals surface area contributed by atoms with Crippen LogP contribution in [0, 0.1) is 0 Å². The predicted molar refractivity (Wildman–Crippen MR) is 64.3 cm³/mol. The zero-order valence-corrected chi connectivity index (χ0v) is 11.0. The highest BCUT2D eigenvalue weighted by molar-refractivity contribution is 7.91. The van der Waals surface area contributed by atoms with Crippen molar-refractivity contribution in [2.45, 2.75) is 24.3 Å². The second-order valence-electron chi connectivity index (χ2n) is 4.05. The van der Waals surface area contributed by atoms with E-state index < -0.39 is 21.4 Å². The van der Waals surface area contributed by atoms with Crippen LogP contribution in [0.2, 0.25) is 0 Å². The minimum atomic E-state index is -4.76. The van der Waals surface area contributed by atoms with E-state index in [1.54, 1.807) is 0 Å². The van der Waals surface area contributed by atoms with E-state index >= 15 is 0 Å². The minimum absolute atomic E-state index is 0.00238. The zero-order chi connectivity index (χ0) is 14.7. The molecule has 108 valence electrons. The van der Waals surface area contributed by atoms with Crippen molar-refractivity contribution < 1.29 is 26.3 Å². The van der Waals surface area contributed by atoms with Gasteiger partial charge in [-0.15, -0.1) is 13.2 Å². The van der Waals surface area contributed by atoms with Gasteiger partial charge in [-0.1, -0.05) is 12.1 Å². The van der Waals surface area contributed by atoms with Crippen molar-refractivity contribution >= 4 is 9.84 Å². The number of ether oxygens (including phenoxy) is 1. The Morgan fingerprint density at radius 1 is 1.26 bits per heavy atom. The zero-order valence-electron chi connectivity index (χ0n) is 10.1. The molecule has 0 spiro atoms. The van der Waals surface area contributed by atoms with Crippen molar-refractivity contribution in [1.29, 1.82) is 0 Å². The van der Waals surface area contributed by atoms with E-state index in [0.29, 0.717) is 5.56 Å². The van der Waals surface area contributed by atoms with Gasteiger partial charge in [0.15, 0.2) is 9.84 Å². The molecule has 0 saturated heterocycles. The maximum atomic E-state index is 11.9. The van der Waals surface area contributed by atoms with E-state index in [2.05, 4.69) is 4.74 Å². The lowest BCUT2D eigenvalue weighted by atomic mass is 10.2. The fraction of sp³-hybridized carbons (Fsp3) is 0.455. The molecule has 0 aromatic heterocycles. The Bertz CT molecular complexity index is 511. The van der Waals surface area contributed by atoms with Crippen LogP contribution in [-0.2, 0) is 15.6 Å². The van der Waals surface area contributed by atoms with Gasteiger partial charge >= 0.3 is 6.36 Å². The van der Waals surface area contributed by atoms with Crippen molar-refractivity contribution in [1.82, 2.24) is 0 Å². The third-order valence-electron chi connectivity index (χ3n) is 2.47. The van der Waals surface area contributed by atoms with E-state index in [9.17, 15) is 21.6 Å². The van der Waals surface area contributed by atoms with Crippen molar-refractivity contribution in [2.24, 2.45) is 5.73 Å². The lowest BCUT2D eigenvalue weighted by molar-refractivity contribution is -0.274. The standard InChI is InChI=1S/C11H14F3NO3S/c1-8(6-15)19(16,17)7-9-2-4-10(5-3-9)18-11(12,13)14/h2-5,8H,6-7,15H2,1H3. The molecule has 1 atom stereocenters. The number of benzene rings is 1. The third kappa shape index (κ3) is 5.07. The second kappa shape index (κ2) is 5.79. The second-order valence-corrected chi connectivity index (χ2v) is 6.46. The summed E-state index contributed by atoms with van der Waals surface area (Å²) in [6, 6.07) is 4.71. The van der Waals surface area contributed by atoms with Crippen LogP contribution in [0.4, 0.5) is 13.2 Å².